The first-order valence-corrected chi connectivity index (χ1v) is 8.69. The van der Waals surface area contributed by atoms with Crippen LogP contribution in [-0.2, 0) is 13.0 Å². The molecule has 1 aromatic rings. The summed E-state index contributed by atoms with van der Waals surface area (Å²) < 4.78 is 0. The maximum Gasteiger partial charge on any atom is 0.191 e. The third-order valence-electron chi connectivity index (χ3n) is 3.70. The molecule has 1 aromatic heterocycles. The number of thiazole rings is 1. The zero-order valence-corrected chi connectivity index (χ0v) is 16.7. The summed E-state index contributed by atoms with van der Waals surface area (Å²) in [5.41, 5.74) is 1.59. The smallest absolute Gasteiger partial charge is 0.191 e. The van der Waals surface area contributed by atoms with Gasteiger partial charge in [-0.05, 0) is 38.5 Å². The highest BCUT2D eigenvalue weighted by molar-refractivity contribution is 14.0. The van der Waals surface area contributed by atoms with Crippen molar-refractivity contribution in [3.8, 4) is 0 Å². The monoisotopic (exact) mass is 434 g/mol. The van der Waals surface area contributed by atoms with E-state index in [1.165, 1.54) is 30.6 Å². The number of guanidine groups is 1. The SMILES string of the molecule is CCc1cnc(CNC(=NC)NCCC2=CCCCC2)s1.I. The van der Waals surface area contributed by atoms with Crippen LogP contribution in [0.2, 0.25) is 0 Å². The van der Waals surface area contributed by atoms with Gasteiger partial charge in [0, 0.05) is 24.7 Å². The van der Waals surface area contributed by atoms with Gasteiger partial charge in [0.2, 0.25) is 0 Å². The van der Waals surface area contributed by atoms with Gasteiger partial charge in [0.15, 0.2) is 5.96 Å². The van der Waals surface area contributed by atoms with Crippen molar-refractivity contribution in [2.45, 2.75) is 52.0 Å². The summed E-state index contributed by atoms with van der Waals surface area (Å²) >= 11 is 1.77. The fraction of sp³-hybridized carbons (Fsp3) is 0.625. The van der Waals surface area contributed by atoms with Crippen LogP contribution in [0.15, 0.2) is 22.8 Å². The summed E-state index contributed by atoms with van der Waals surface area (Å²) in [5, 5.41) is 7.83. The van der Waals surface area contributed by atoms with Crippen LogP contribution in [-0.4, -0.2) is 24.5 Å². The Kier molecular flexibility index (Phi) is 9.70. The van der Waals surface area contributed by atoms with E-state index in [0.717, 1.165) is 36.9 Å². The molecular weight excluding hydrogens is 407 g/mol. The Hall–Kier alpha value is -0.630. The van der Waals surface area contributed by atoms with E-state index in [0.29, 0.717) is 0 Å². The van der Waals surface area contributed by atoms with Crippen LogP contribution in [0, 0.1) is 0 Å². The van der Waals surface area contributed by atoms with Crippen molar-refractivity contribution in [2.75, 3.05) is 13.6 Å². The number of aliphatic imine (C=N–C) groups is 1. The van der Waals surface area contributed by atoms with Crippen LogP contribution in [0.5, 0.6) is 0 Å². The highest BCUT2D eigenvalue weighted by atomic mass is 127. The Bertz CT molecular complexity index is 496. The first-order chi connectivity index (χ1) is 10.3. The van der Waals surface area contributed by atoms with E-state index in [9.17, 15) is 0 Å². The summed E-state index contributed by atoms with van der Waals surface area (Å²) in [4.78, 5) is 10.0. The Labute approximate surface area is 154 Å². The lowest BCUT2D eigenvalue weighted by molar-refractivity contribution is 0.665. The van der Waals surface area contributed by atoms with Crippen LogP contribution < -0.4 is 10.6 Å². The van der Waals surface area contributed by atoms with Crippen molar-refractivity contribution < 1.29 is 0 Å². The number of aryl methyl sites for hydroxylation is 1. The van der Waals surface area contributed by atoms with Gasteiger partial charge in [0.1, 0.15) is 5.01 Å². The summed E-state index contributed by atoms with van der Waals surface area (Å²) in [6, 6.07) is 0. The molecule has 0 unspecified atom stereocenters. The van der Waals surface area contributed by atoms with Gasteiger partial charge in [-0.1, -0.05) is 18.6 Å². The normalized spacial score (nSPS) is 15.0. The molecule has 2 N–H and O–H groups in total. The quantitative estimate of drug-likeness (QED) is 0.309. The van der Waals surface area contributed by atoms with Gasteiger partial charge in [0.25, 0.3) is 0 Å². The second kappa shape index (κ2) is 11.0. The van der Waals surface area contributed by atoms with Crippen molar-refractivity contribution in [1.29, 1.82) is 0 Å². The molecule has 0 fully saturated rings. The van der Waals surface area contributed by atoms with Crippen LogP contribution in [0.3, 0.4) is 0 Å². The molecule has 0 radical (unpaired) electrons. The minimum atomic E-state index is 0. The minimum absolute atomic E-state index is 0. The molecule has 0 atom stereocenters. The molecule has 4 nitrogen and oxygen atoms in total. The maximum absolute atomic E-state index is 4.41. The van der Waals surface area contributed by atoms with Gasteiger partial charge >= 0.3 is 0 Å². The maximum atomic E-state index is 4.41. The molecule has 0 aliphatic heterocycles. The van der Waals surface area contributed by atoms with Gasteiger partial charge < -0.3 is 10.6 Å². The van der Waals surface area contributed by atoms with E-state index in [4.69, 9.17) is 0 Å². The average Bonchev–Trinajstić information content (AvgIpc) is 3.00. The molecule has 1 heterocycles. The fourth-order valence-electron chi connectivity index (χ4n) is 2.45. The molecule has 1 aliphatic rings. The van der Waals surface area contributed by atoms with Crippen LogP contribution in [0.25, 0.3) is 0 Å². The zero-order chi connectivity index (χ0) is 14.9. The number of hydrogen-bond acceptors (Lipinski definition) is 3. The summed E-state index contributed by atoms with van der Waals surface area (Å²) in [7, 11) is 1.81. The van der Waals surface area contributed by atoms with Crippen molar-refractivity contribution in [3.63, 3.8) is 0 Å². The third kappa shape index (κ3) is 6.64. The van der Waals surface area contributed by atoms with Crippen molar-refractivity contribution in [1.82, 2.24) is 15.6 Å². The number of allylic oxidation sites excluding steroid dienone is 1. The predicted octanol–water partition coefficient (Wildman–Crippen LogP) is 3.88. The number of rotatable bonds is 6. The molecule has 6 heteroatoms. The Balaban J connectivity index is 0.00000242. The van der Waals surface area contributed by atoms with Gasteiger partial charge in [-0.25, -0.2) is 4.98 Å². The Morgan fingerprint density at radius 2 is 2.23 bits per heavy atom. The summed E-state index contributed by atoms with van der Waals surface area (Å²) in [5.74, 6) is 0.861. The van der Waals surface area contributed by atoms with E-state index >= 15 is 0 Å². The molecule has 0 aromatic carbocycles. The van der Waals surface area contributed by atoms with Crippen molar-refractivity contribution >= 4 is 41.3 Å². The number of hydrogen-bond donors (Lipinski definition) is 2. The second-order valence-electron chi connectivity index (χ2n) is 5.28. The highest BCUT2D eigenvalue weighted by Crippen LogP contribution is 2.19. The standard InChI is InChI=1S/C16H26N4S.HI/c1-3-14-11-19-15(21-14)12-20-16(17-2)18-10-9-13-7-5-4-6-8-13;/h7,11H,3-6,8-10,12H2,1-2H3,(H2,17,18,20);1H. The molecule has 0 bridgehead atoms. The van der Waals surface area contributed by atoms with Crippen LogP contribution >= 0.6 is 35.3 Å². The van der Waals surface area contributed by atoms with E-state index in [2.05, 4.69) is 33.6 Å². The fourth-order valence-corrected chi connectivity index (χ4v) is 3.25. The van der Waals surface area contributed by atoms with Gasteiger partial charge in [0.05, 0.1) is 6.54 Å². The Morgan fingerprint density at radius 1 is 1.36 bits per heavy atom. The Morgan fingerprint density at radius 3 is 2.86 bits per heavy atom. The number of halogens is 1. The van der Waals surface area contributed by atoms with E-state index in [1.54, 1.807) is 16.9 Å². The van der Waals surface area contributed by atoms with Crippen molar-refractivity contribution in [3.05, 3.63) is 27.7 Å². The average molecular weight is 434 g/mol. The first kappa shape index (κ1) is 19.4. The number of nitrogens with zero attached hydrogens (tertiary/aromatic N) is 2. The minimum Gasteiger partial charge on any atom is -0.356 e. The summed E-state index contributed by atoms with van der Waals surface area (Å²) in [6.45, 7) is 3.85. The molecular formula is C16H27IN4S. The lowest BCUT2D eigenvalue weighted by atomic mass is 9.97. The third-order valence-corrected chi connectivity index (χ3v) is 4.85. The van der Waals surface area contributed by atoms with Crippen LogP contribution in [0.4, 0.5) is 0 Å². The number of nitrogens with one attached hydrogen (secondary N) is 2. The lowest BCUT2D eigenvalue weighted by Gasteiger charge is -2.14. The molecule has 2 rings (SSSR count). The van der Waals surface area contributed by atoms with E-state index in [1.807, 2.05) is 13.2 Å². The largest absolute Gasteiger partial charge is 0.356 e. The zero-order valence-electron chi connectivity index (χ0n) is 13.5. The van der Waals surface area contributed by atoms with Crippen LogP contribution in [0.1, 0.15) is 48.9 Å². The molecule has 22 heavy (non-hydrogen) atoms. The summed E-state index contributed by atoms with van der Waals surface area (Å²) in [6.07, 6.45) is 11.8. The van der Waals surface area contributed by atoms with Gasteiger partial charge in [-0.2, -0.15) is 0 Å². The first-order valence-electron chi connectivity index (χ1n) is 7.87. The highest BCUT2D eigenvalue weighted by Gasteiger charge is 2.05. The molecule has 124 valence electrons. The lowest BCUT2D eigenvalue weighted by Crippen LogP contribution is -2.37. The molecule has 1 aliphatic carbocycles. The molecule has 0 amide bonds. The van der Waals surface area contributed by atoms with Crippen molar-refractivity contribution in [2.24, 2.45) is 4.99 Å². The van der Waals surface area contributed by atoms with E-state index in [-0.39, 0.29) is 24.0 Å². The topological polar surface area (TPSA) is 49.3 Å². The molecule has 0 spiro atoms. The number of aromatic nitrogens is 1. The van der Waals surface area contributed by atoms with E-state index < -0.39 is 0 Å². The predicted molar refractivity (Wildman–Crippen MR) is 106 cm³/mol. The second-order valence-corrected chi connectivity index (χ2v) is 6.48. The molecule has 0 saturated carbocycles. The molecule has 0 saturated heterocycles. The van der Waals surface area contributed by atoms with Gasteiger partial charge in [-0.3, -0.25) is 4.99 Å². The van der Waals surface area contributed by atoms with Gasteiger partial charge in [-0.15, -0.1) is 35.3 Å².